The van der Waals surface area contributed by atoms with Crippen LogP contribution in [0.25, 0.3) is 0 Å². The van der Waals surface area contributed by atoms with Crippen molar-refractivity contribution in [2.45, 2.75) is 31.7 Å². The Kier molecular flexibility index (Phi) is 3.19. The summed E-state index contributed by atoms with van der Waals surface area (Å²) in [4.78, 5) is 0. The van der Waals surface area contributed by atoms with Crippen LogP contribution in [0.1, 0.15) is 36.4 Å². The Labute approximate surface area is 92.7 Å². The fourth-order valence-electron chi connectivity index (χ4n) is 2.35. The van der Waals surface area contributed by atoms with Crippen molar-refractivity contribution in [3.05, 3.63) is 34.6 Å². The molecule has 0 bridgehead atoms. The van der Waals surface area contributed by atoms with Crippen molar-refractivity contribution < 1.29 is 13.2 Å². The lowest BCUT2D eigenvalue weighted by Crippen LogP contribution is -2.19. The minimum Gasteiger partial charge on any atom is -0.313 e. The van der Waals surface area contributed by atoms with Gasteiger partial charge in [-0.25, -0.2) is 13.2 Å². The second-order valence-corrected chi connectivity index (χ2v) is 4.13. The smallest absolute Gasteiger partial charge is 0.164 e. The van der Waals surface area contributed by atoms with Gasteiger partial charge in [0.25, 0.3) is 0 Å². The summed E-state index contributed by atoms with van der Waals surface area (Å²) in [7, 11) is 1.68. The molecule has 0 saturated heterocycles. The molecule has 0 heterocycles. The molecule has 1 unspecified atom stereocenters. The third-order valence-electron chi connectivity index (χ3n) is 3.18. The molecule has 1 aromatic rings. The molecule has 2 rings (SSSR count). The zero-order valence-corrected chi connectivity index (χ0v) is 9.12. The first-order chi connectivity index (χ1) is 7.65. The van der Waals surface area contributed by atoms with Crippen molar-refractivity contribution in [2.24, 2.45) is 0 Å². The van der Waals surface area contributed by atoms with Gasteiger partial charge in [0, 0.05) is 17.7 Å². The SMILES string of the molecule is CNC1CCCCc2c(F)cc(F)c(F)c21. The largest absolute Gasteiger partial charge is 0.313 e. The second-order valence-electron chi connectivity index (χ2n) is 4.13. The summed E-state index contributed by atoms with van der Waals surface area (Å²) < 4.78 is 40.4. The lowest BCUT2D eigenvalue weighted by Gasteiger charge is -2.18. The van der Waals surface area contributed by atoms with E-state index in [1.807, 2.05) is 0 Å². The average Bonchev–Trinajstić information content (AvgIpc) is 2.48. The third kappa shape index (κ3) is 1.82. The standard InChI is InChI=1S/C12H14F3N/c1-16-10-5-3-2-4-7-8(13)6-9(14)12(15)11(7)10/h6,10,16H,2-5H2,1H3. The molecule has 1 aliphatic rings. The van der Waals surface area contributed by atoms with Crippen LogP contribution < -0.4 is 5.32 Å². The first-order valence-electron chi connectivity index (χ1n) is 5.48. The highest BCUT2D eigenvalue weighted by molar-refractivity contribution is 5.34. The summed E-state index contributed by atoms with van der Waals surface area (Å²) in [6.07, 6.45) is 2.90. The summed E-state index contributed by atoms with van der Waals surface area (Å²) in [5.41, 5.74) is 0.508. The molecule has 0 aromatic heterocycles. The number of halogens is 3. The summed E-state index contributed by atoms with van der Waals surface area (Å²) in [5.74, 6) is -2.63. The Morgan fingerprint density at radius 1 is 1.19 bits per heavy atom. The fraction of sp³-hybridized carbons (Fsp3) is 0.500. The van der Waals surface area contributed by atoms with Gasteiger partial charge in [0.2, 0.25) is 0 Å². The van der Waals surface area contributed by atoms with Crippen LogP contribution in [0, 0.1) is 17.5 Å². The molecule has 88 valence electrons. The van der Waals surface area contributed by atoms with E-state index < -0.39 is 17.5 Å². The van der Waals surface area contributed by atoms with E-state index in [0.29, 0.717) is 24.5 Å². The van der Waals surface area contributed by atoms with Crippen LogP contribution in [0.2, 0.25) is 0 Å². The fourth-order valence-corrected chi connectivity index (χ4v) is 2.35. The predicted molar refractivity (Wildman–Crippen MR) is 55.7 cm³/mol. The van der Waals surface area contributed by atoms with E-state index in [2.05, 4.69) is 5.32 Å². The highest BCUT2D eigenvalue weighted by Gasteiger charge is 2.26. The van der Waals surface area contributed by atoms with Crippen molar-refractivity contribution >= 4 is 0 Å². The molecule has 4 heteroatoms. The number of fused-ring (bicyclic) bond motifs is 1. The highest BCUT2D eigenvalue weighted by atomic mass is 19.2. The summed E-state index contributed by atoms with van der Waals surface area (Å²) in [6, 6.07) is 0.356. The summed E-state index contributed by atoms with van der Waals surface area (Å²) in [6.45, 7) is 0. The van der Waals surface area contributed by atoms with Gasteiger partial charge in [-0.15, -0.1) is 0 Å². The van der Waals surface area contributed by atoms with Gasteiger partial charge in [-0.1, -0.05) is 6.42 Å². The Balaban J connectivity index is 2.61. The Hall–Kier alpha value is -1.03. The number of benzene rings is 1. The van der Waals surface area contributed by atoms with E-state index in [9.17, 15) is 13.2 Å². The number of nitrogens with one attached hydrogen (secondary N) is 1. The molecular weight excluding hydrogens is 215 g/mol. The van der Waals surface area contributed by atoms with Gasteiger partial charge in [-0.3, -0.25) is 0 Å². The van der Waals surface area contributed by atoms with E-state index in [4.69, 9.17) is 0 Å². The van der Waals surface area contributed by atoms with Crippen molar-refractivity contribution in [1.82, 2.24) is 5.32 Å². The van der Waals surface area contributed by atoms with E-state index in [1.54, 1.807) is 7.05 Å². The zero-order valence-electron chi connectivity index (χ0n) is 9.12. The third-order valence-corrected chi connectivity index (χ3v) is 3.18. The van der Waals surface area contributed by atoms with Crippen molar-refractivity contribution in [3.8, 4) is 0 Å². The maximum Gasteiger partial charge on any atom is 0.164 e. The van der Waals surface area contributed by atoms with Crippen molar-refractivity contribution in [1.29, 1.82) is 0 Å². The summed E-state index contributed by atoms with van der Waals surface area (Å²) >= 11 is 0. The van der Waals surface area contributed by atoms with Gasteiger partial charge in [-0.05, 0) is 31.9 Å². The molecule has 16 heavy (non-hydrogen) atoms. The molecule has 0 spiro atoms. The molecule has 1 N–H and O–H groups in total. The molecule has 0 aliphatic heterocycles. The van der Waals surface area contributed by atoms with Crippen LogP contribution in [-0.4, -0.2) is 7.05 Å². The molecular formula is C12H14F3N. The molecule has 1 aromatic carbocycles. The van der Waals surface area contributed by atoms with Gasteiger partial charge < -0.3 is 5.32 Å². The lowest BCUT2D eigenvalue weighted by molar-refractivity contribution is 0.452. The van der Waals surface area contributed by atoms with Crippen LogP contribution in [0.15, 0.2) is 6.07 Å². The lowest BCUT2D eigenvalue weighted by atomic mass is 9.97. The molecule has 1 aliphatic carbocycles. The van der Waals surface area contributed by atoms with Gasteiger partial charge in [0.1, 0.15) is 5.82 Å². The van der Waals surface area contributed by atoms with Gasteiger partial charge in [-0.2, -0.15) is 0 Å². The van der Waals surface area contributed by atoms with Crippen LogP contribution in [0.4, 0.5) is 13.2 Å². The maximum atomic E-state index is 13.7. The molecule has 0 saturated carbocycles. The topological polar surface area (TPSA) is 12.0 Å². The summed E-state index contributed by atoms with van der Waals surface area (Å²) in [5, 5.41) is 2.92. The van der Waals surface area contributed by atoms with E-state index >= 15 is 0 Å². The second kappa shape index (κ2) is 4.45. The van der Waals surface area contributed by atoms with Crippen LogP contribution in [-0.2, 0) is 6.42 Å². The van der Waals surface area contributed by atoms with Gasteiger partial charge >= 0.3 is 0 Å². The van der Waals surface area contributed by atoms with Crippen molar-refractivity contribution in [2.75, 3.05) is 7.05 Å². The molecule has 0 radical (unpaired) electrons. The monoisotopic (exact) mass is 229 g/mol. The molecule has 1 atom stereocenters. The minimum absolute atomic E-state index is 0.178. The highest BCUT2D eigenvalue weighted by Crippen LogP contribution is 2.33. The van der Waals surface area contributed by atoms with E-state index in [-0.39, 0.29) is 11.6 Å². The molecule has 0 amide bonds. The molecule has 1 nitrogen and oxygen atoms in total. The predicted octanol–water partition coefficient (Wildman–Crippen LogP) is 3.09. The van der Waals surface area contributed by atoms with E-state index in [0.717, 1.165) is 12.8 Å². The maximum absolute atomic E-state index is 13.7. The van der Waals surface area contributed by atoms with E-state index in [1.165, 1.54) is 0 Å². The van der Waals surface area contributed by atoms with Gasteiger partial charge in [0.15, 0.2) is 11.6 Å². The van der Waals surface area contributed by atoms with Crippen LogP contribution in [0.3, 0.4) is 0 Å². The average molecular weight is 229 g/mol. The Bertz CT molecular complexity index is 404. The quantitative estimate of drug-likeness (QED) is 0.576. The van der Waals surface area contributed by atoms with Crippen LogP contribution in [0.5, 0.6) is 0 Å². The normalized spacial score (nSPS) is 20.4. The first kappa shape index (κ1) is 11.5. The van der Waals surface area contributed by atoms with Crippen LogP contribution >= 0.6 is 0 Å². The number of hydrogen-bond donors (Lipinski definition) is 1. The van der Waals surface area contributed by atoms with Crippen molar-refractivity contribution in [3.63, 3.8) is 0 Å². The molecule has 0 fully saturated rings. The first-order valence-corrected chi connectivity index (χ1v) is 5.48. The number of rotatable bonds is 1. The Morgan fingerprint density at radius 2 is 1.94 bits per heavy atom. The number of hydrogen-bond acceptors (Lipinski definition) is 1. The Morgan fingerprint density at radius 3 is 2.62 bits per heavy atom. The van der Waals surface area contributed by atoms with Gasteiger partial charge in [0.05, 0.1) is 0 Å². The zero-order chi connectivity index (χ0) is 11.7. The minimum atomic E-state index is -1.10.